The lowest BCUT2D eigenvalue weighted by Crippen LogP contribution is -1.69. The number of rotatable bonds is 0. The SMILES string of the molecule is Fc1ccc2co[c]c2c1. The summed E-state index contributed by atoms with van der Waals surface area (Å²) in [5.74, 6) is -0.259. The molecule has 1 aromatic heterocycles. The third-order valence-corrected chi connectivity index (χ3v) is 1.37. The second kappa shape index (κ2) is 1.84. The lowest BCUT2D eigenvalue weighted by Gasteiger charge is -1.84. The maximum absolute atomic E-state index is 12.5. The van der Waals surface area contributed by atoms with Crippen LogP contribution in [0.4, 0.5) is 4.39 Å². The minimum atomic E-state index is -0.259. The molecule has 2 aromatic rings. The van der Waals surface area contributed by atoms with Crippen molar-refractivity contribution in [3.63, 3.8) is 0 Å². The van der Waals surface area contributed by atoms with Crippen LogP contribution in [0, 0.1) is 12.1 Å². The zero-order chi connectivity index (χ0) is 6.97. The number of fused-ring (bicyclic) bond motifs is 1. The Morgan fingerprint density at radius 1 is 1.40 bits per heavy atom. The second-order valence-corrected chi connectivity index (χ2v) is 2.07. The highest BCUT2D eigenvalue weighted by Crippen LogP contribution is 2.14. The maximum Gasteiger partial charge on any atom is 0.177 e. The summed E-state index contributed by atoms with van der Waals surface area (Å²) in [5.41, 5.74) is 0. The molecule has 0 spiro atoms. The van der Waals surface area contributed by atoms with Gasteiger partial charge in [-0.05, 0) is 18.2 Å². The normalized spacial score (nSPS) is 10.5. The van der Waals surface area contributed by atoms with Crippen LogP contribution in [-0.4, -0.2) is 0 Å². The number of hydrogen-bond donors (Lipinski definition) is 0. The van der Waals surface area contributed by atoms with E-state index in [-0.39, 0.29) is 5.82 Å². The molecular weight excluding hydrogens is 131 g/mol. The van der Waals surface area contributed by atoms with Crippen LogP contribution in [-0.2, 0) is 0 Å². The van der Waals surface area contributed by atoms with E-state index in [0.29, 0.717) is 5.39 Å². The molecule has 1 radical (unpaired) electrons. The second-order valence-electron chi connectivity index (χ2n) is 2.07. The molecule has 1 aromatic carbocycles. The monoisotopic (exact) mass is 135 g/mol. The fraction of sp³-hybridized carbons (Fsp3) is 0. The summed E-state index contributed by atoms with van der Waals surface area (Å²) in [6, 6.07) is 4.44. The summed E-state index contributed by atoms with van der Waals surface area (Å²) in [6.45, 7) is 0. The largest absolute Gasteiger partial charge is 0.460 e. The number of halogens is 1. The predicted octanol–water partition coefficient (Wildman–Crippen LogP) is 2.37. The fourth-order valence-corrected chi connectivity index (χ4v) is 0.876. The lowest BCUT2D eigenvalue weighted by atomic mass is 10.2. The predicted molar refractivity (Wildman–Crippen MR) is 35.0 cm³/mol. The van der Waals surface area contributed by atoms with Crippen LogP contribution >= 0.6 is 0 Å². The van der Waals surface area contributed by atoms with Gasteiger partial charge in [0.15, 0.2) is 6.26 Å². The third kappa shape index (κ3) is 0.692. The Kier molecular flexibility index (Phi) is 1.01. The van der Waals surface area contributed by atoms with E-state index in [4.69, 9.17) is 4.42 Å². The van der Waals surface area contributed by atoms with Crippen molar-refractivity contribution < 1.29 is 8.81 Å². The topological polar surface area (TPSA) is 13.1 Å². The number of hydrogen-bond acceptors (Lipinski definition) is 1. The zero-order valence-electron chi connectivity index (χ0n) is 5.10. The van der Waals surface area contributed by atoms with Crippen LogP contribution < -0.4 is 0 Å². The molecule has 0 aliphatic heterocycles. The molecule has 2 rings (SSSR count). The van der Waals surface area contributed by atoms with E-state index in [1.807, 2.05) is 0 Å². The van der Waals surface area contributed by atoms with Gasteiger partial charge in [-0.25, -0.2) is 4.39 Å². The van der Waals surface area contributed by atoms with E-state index in [1.165, 1.54) is 18.4 Å². The Balaban J connectivity index is 2.86. The highest BCUT2D eigenvalue weighted by molar-refractivity contribution is 5.80. The molecule has 2 heteroatoms. The summed E-state index contributed by atoms with van der Waals surface area (Å²) >= 11 is 0. The van der Waals surface area contributed by atoms with Crippen molar-refractivity contribution in [2.75, 3.05) is 0 Å². The van der Waals surface area contributed by atoms with Crippen LogP contribution in [0.15, 0.2) is 28.9 Å². The van der Waals surface area contributed by atoms with Gasteiger partial charge in [-0.2, -0.15) is 0 Å². The summed E-state index contributed by atoms with van der Waals surface area (Å²) in [5, 5.41) is 1.56. The summed E-state index contributed by atoms with van der Waals surface area (Å²) in [4.78, 5) is 0. The number of benzene rings is 1. The first-order chi connectivity index (χ1) is 4.86. The Labute approximate surface area is 57.1 Å². The quantitative estimate of drug-likeness (QED) is 0.540. The summed E-state index contributed by atoms with van der Waals surface area (Å²) in [6.07, 6.45) is 4.08. The van der Waals surface area contributed by atoms with Crippen LogP contribution in [0.5, 0.6) is 0 Å². The lowest BCUT2D eigenvalue weighted by molar-refractivity contribution is 0.563. The van der Waals surface area contributed by atoms with E-state index >= 15 is 0 Å². The van der Waals surface area contributed by atoms with Crippen LogP contribution in [0.2, 0.25) is 0 Å². The molecule has 0 saturated heterocycles. The molecule has 10 heavy (non-hydrogen) atoms. The molecule has 0 atom stereocenters. The van der Waals surface area contributed by atoms with E-state index in [1.54, 1.807) is 6.07 Å². The van der Waals surface area contributed by atoms with Crippen LogP contribution in [0.1, 0.15) is 0 Å². The first-order valence-electron chi connectivity index (χ1n) is 2.91. The average Bonchev–Trinajstić information content (AvgIpc) is 2.33. The van der Waals surface area contributed by atoms with Gasteiger partial charge in [0.25, 0.3) is 0 Å². The molecule has 49 valence electrons. The van der Waals surface area contributed by atoms with Gasteiger partial charge in [0.1, 0.15) is 5.82 Å². The minimum Gasteiger partial charge on any atom is -0.460 e. The van der Waals surface area contributed by atoms with Gasteiger partial charge in [0.05, 0.1) is 6.26 Å². The molecule has 0 bridgehead atoms. The van der Waals surface area contributed by atoms with E-state index in [0.717, 1.165) is 5.39 Å². The highest BCUT2D eigenvalue weighted by Gasteiger charge is 1.96. The van der Waals surface area contributed by atoms with Crippen LogP contribution in [0.25, 0.3) is 10.8 Å². The van der Waals surface area contributed by atoms with Crippen molar-refractivity contribution in [1.82, 2.24) is 0 Å². The molecule has 0 unspecified atom stereocenters. The Hall–Kier alpha value is -1.31. The van der Waals surface area contributed by atoms with Crippen molar-refractivity contribution in [1.29, 1.82) is 0 Å². The summed E-state index contributed by atoms with van der Waals surface area (Å²) in [7, 11) is 0. The molecule has 0 aliphatic carbocycles. The molecule has 0 fully saturated rings. The smallest absolute Gasteiger partial charge is 0.177 e. The van der Waals surface area contributed by atoms with Gasteiger partial charge in [-0.15, -0.1) is 0 Å². The molecule has 0 amide bonds. The fourth-order valence-electron chi connectivity index (χ4n) is 0.876. The van der Waals surface area contributed by atoms with E-state index in [2.05, 4.69) is 6.26 Å². The van der Waals surface area contributed by atoms with Crippen molar-refractivity contribution in [2.24, 2.45) is 0 Å². The van der Waals surface area contributed by atoms with Gasteiger partial charge in [0, 0.05) is 10.8 Å². The molecule has 0 N–H and O–H groups in total. The maximum atomic E-state index is 12.5. The van der Waals surface area contributed by atoms with Crippen molar-refractivity contribution in [3.8, 4) is 0 Å². The average molecular weight is 135 g/mol. The van der Waals surface area contributed by atoms with Crippen molar-refractivity contribution >= 4 is 10.8 Å². The van der Waals surface area contributed by atoms with Gasteiger partial charge in [-0.1, -0.05) is 0 Å². The van der Waals surface area contributed by atoms with E-state index < -0.39 is 0 Å². The van der Waals surface area contributed by atoms with Crippen molar-refractivity contribution in [2.45, 2.75) is 0 Å². The van der Waals surface area contributed by atoms with E-state index in [9.17, 15) is 4.39 Å². The van der Waals surface area contributed by atoms with Crippen LogP contribution in [0.3, 0.4) is 0 Å². The van der Waals surface area contributed by atoms with Gasteiger partial charge in [0.2, 0.25) is 0 Å². The molecule has 0 saturated carbocycles. The molecular formula is C8H4FO. The zero-order valence-corrected chi connectivity index (χ0v) is 5.10. The molecule has 1 heterocycles. The first-order valence-corrected chi connectivity index (χ1v) is 2.91. The minimum absolute atomic E-state index is 0.259. The van der Waals surface area contributed by atoms with Gasteiger partial charge in [-0.3, -0.25) is 0 Å². The summed E-state index contributed by atoms with van der Waals surface area (Å²) < 4.78 is 17.2. The highest BCUT2D eigenvalue weighted by atomic mass is 19.1. The number of furan rings is 1. The van der Waals surface area contributed by atoms with Crippen molar-refractivity contribution in [3.05, 3.63) is 36.5 Å². The third-order valence-electron chi connectivity index (χ3n) is 1.37. The molecule has 0 aliphatic rings. The Bertz CT molecular complexity index is 351. The van der Waals surface area contributed by atoms with Gasteiger partial charge >= 0.3 is 0 Å². The standard InChI is InChI=1S/C8H4FO/c9-8-2-1-6-4-10-5-7(6)3-8/h1-4H. The van der Waals surface area contributed by atoms with Gasteiger partial charge < -0.3 is 4.42 Å². The Morgan fingerprint density at radius 2 is 2.30 bits per heavy atom. The molecule has 1 nitrogen and oxygen atoms in total. The first kappa shape index (κ1) is 5.47. The Morgan fingerprint density at radius 3 is 3.20 bits per heavy atom.